The Kier molecular flexibility index (Phi) is 48.9. The molecule has 0 aliphatic rings. The van der Waals surface area contributed by atoms with Crippen LogP contribution in [-0.4, -0.2) is 228 Å². The van der Waals surface area contributed by atoms with Crippen molar-refractivity contribution in [1.29, 1.82) is 16.2 Å². The van der Waals surface area contributed by atoms with Gasteiger partial charge in [0.25, 0.3) is 5.91 Å². The van der Waals surface area contributed by atoms with Gasteiger partial charge in [-0.05, 0) is 166 Å². The minimum atomic E-state index is -1.82. The molecule has 15 amide bonds. The average molecular weight is 1860 g/mol. The molecule has 14 atom stereocenters. The third kappa shape index (κ3) is 39.9. The van der Waals surface area contributed by atoms with Crippen LogP contribution in [0, 0.1) is 39.9 Å². The topological polar surface area (TPSA) is 731 Å². The summed E-state index contributed by atoms with van der Waals surface area (Å²) in [6, 6.07) is 17.9. The second kappa shape index (κ2) is 58.2. The number of unbranched alkanes of at least 4 members (excludes halogenated alkanes) is 1. The first-order valence-electron chi connectivity index (χ1n) is 44.8. The maximum atomic E-state index is 14.9. The highest BCUT2D eigenvalue weighted by Crippen LogP contribution is 2.37. The molecule has 34 N–H and O–H groups in total. The fourth-order valence-electron chi connectivity index (χ4n) is 14.2. The molecule has 133 heavy (non-hydrogen) atoms. The Morgan fingerprint density at radius 3 is 0.940 bits per heavy atom. The van der Waals surface area contributed by atoms with Gasteiger partial charge in [-0.1, -0.05) is 165 Å². The van der Waals surface area contributed by atoms with Crippen LogP contribution >= 0.6 is 0 Å². The molecule has 0 bridgehead atoms. The minimum Gasteiger partial charge on any atom is -0.394 e. The van der Waals surface area contributed by atoms with Crippen molar-refractivity contribution < 1.29 is 82.1 Å². The highest BCUT2D eigenvalue weighted by Gasteiger charge is 2.40. The minimum absolute atomic E-state index is 0.0173. The van der Waals surface area contributed by atoms with Gasteiger partial charge < -0.3 is 130 Å². The molecule has 42 heteroatoms. The molecule has 0 radical (unpaired) electrons. The largest absolute Gasteiger partial charge is 0.394 e. The number of guanidine groups is 3. The van der Waals surface area contributed by atoms with Crippen LogP contribution in [0.2, 0.25) is 0 Å². The third-order valence-electron chi connectivity index (χ3n) is 21.5. The Balaban J connectivity index is 1.63. The molecule has 0 spiro atoms. The van der Waals surface area contributed by atoms with E-state index in [1.807, 2.05) is 103 Å². The molecule has 0 aliphatic carbocycles. The summed E-state index contributed by atoms with van der Waals surface area (Å²) in [6.45, 7) is 13.6. The zero-order valence-electron chi connectivity index (χ0n) is 77.2. The van der Waals surface area contributed by atoms with E-state index in [0.717, 1.165) is 33.4 Å². The number of aliphatic hydroxyl groups excluding tert-OH is 2. The van der Waals surface area contributed by atoms with Crippen molar-refractivity contribution in [2.24, 2.45) is 63.8 Å². The number of carbonyl (C=O) groups is 15. The third-order valence-corrected chi connectivity index (χ3v) is 21.5. The maximum Gasteiger partial charge on any atom is 0.251 e. The van der Waals surface area contributed by atoms with Gasteiger partial charge in [0.1, 0.15) is 72.5 Å². The number of primary amides is 3. The van der Waals surface area contributed by atoms with Gasteiger partial charge in [0.15, 0.2) is 17.9 Å². The van der Waals surface area contributed by atoms with E-state index in [1.165, 1.54) is 20.8 Å². The summed E-state index contributed by atoms with van der Waals surface area (Å²) < 4.78 is 0. The summed E-state index contributed by atoms with van der Waals surface area (Å²) in [4.78, 5) is 211. The quantitative estimate of drug-likeness (QED) is 0.0101. The zero-order chi connectivity index (χ0) is 99.1. The molecule has 4 aromatic carbocycles. The average Bonchev–Trinajstić information content (AvgIpc) is 0.781. The lowest BCUT2D eigenvalue weighted by Gasteiger charge is -2.30. The smallest absolute Gasteiger partial charge is 0.251 e. The summed E-state index contributed by atoms with van der Waals surface area (Å²) in [5.41, 5.74) is 44.7. The van der Waals surface area contributed by atoms with Crippen LogP contribution in [0.15, 0.2) is 115 Å². The van der Waals surface area contributed by atoms with Gasteiger partial charge >= 0.3 is 0 Å². The standard InChI is InChI=1S/C91H139N25O17/c1-10-53(8)74(88(133)109-63(34-24-46-104-91(100)101)82(127)116-75(54(9)118)76(95)121)115-86(131)68(49-117)113-85(130)67(48-51(4)5)112-81(126)64(39-41-69(93)119)110-87(132)73(52(6)7)114-83(128)65(40-42-70(94)120)108-84(129)66(47-50(2)3)111-80(125)62(33-23-45-103-90(98)99)107-78(123)60(31-20-21-43-92)106-79(124)61(32-22-44-102-89(96)97)105-77(122)59-37-35-58(36-38-59)72(57-29-18-13-19-30-57)71(55-25-14-11-15-26-55)56-27-16-12-17-28-56/h11-19,25-30,35-38,50-54,60-68,73-75,117-118H,10,20-24,31-34,39-49,92H2,1-9H3,(H2,93,119)(H2,94,120)(H2,95,121)(H,105,122)(H,106,124)(H,107,123)(H,108,129)(H,109,133)(H,110,132)(H,111,125)(H,112,126)(H,113,130)(H,114,128)(H,115,131)(H,116,127)(H4,96,97,102)(H4,98,99,103)(H4,100,101,104)/t53-,54+,60-,61-,62-,63-,64-,65-,66-,67-,68-,73-,74-,75-/m0/s1. The zero-order valence-corrected chi connectivity index (χ0v) is 77.2. The molecule has 0 saturated heterocycles. The Hall–Kier alpha value is -13.6. The fraction of sp³-hybridized carbons (Fsp3) is 0.516. The van der Waals surface area contributed by atoms with Crippen LogP contribution in [0.25, 0.3) is 11.1 Å². The Morgan fingerprint density at radius 1 is 0.331 bits per heavy atom. The molecule has 0 aliphatic heterocycles. The summed E-state index contributed by atoms with van der Waals surface area (Å²) in [7, 11) is 0. The van der Waals surface area contributed by atoms with Crippen LogP contribution in [0.1, 0.15) is 198 Å². The molecule has 42 nitrogen and oxygen atoms in total. The van der Waals surface area contributed by atoms with Gasteiger partial charge in [0.05, 0.1) is 12.7 Å². The second-order valence-electron chi connectivity index (χ2n) is 33.9. The van der Waals surface area contributed by atoms with Crippen LogP contribution in [0.4, 0.5) is 0 Å². The van der Waals surface area contributed by atoms with Crippen molar-refractivity contribution in [3.05, 3.63) is 143 Å². The molecule has 4 aromatic rings. The maximum absolute atomic E-state index is 14.9. The van der Waals surface area contributed by atoms with E-state index >= 15 is 0 Å². The highest BCUT2D eigenvalue weighted by atomic mass is 16.3. The normalized spacial score (nSPS) is 14.2. The van der Waals surface area contributed by atoms with Crippen molar-refractivity contribution >= 4 is 118 Å². The lowest BCUT2D eigenvalue weighted by molar-refractivity contribution is -0.137. The molecular formula is C91H139N25O17. The van der Waals surface area contributed by atoms with Crippen molar-refractivity contribution in [2.45, 2.75) is 244 Å². The van der Waals surface area contributed by atoms with Gasteiger partial charge in [0.2, 0.25) is 82.7 Å². The van der Waals surface area contributed by atoms with Crippen LogP contribution < -0.4 is 120 Å². The summed E-state index contributed by atoms with van der Waals surface area (Å²) in [6.07, 6.45) is -2.83. The van der Waals surface area contributed by atoms with Crippen LogP contribution in [0.3, 0.4) is 0 Å². The number of rotatable bonds is 60. The van der Waals surface area contributed by atoms with Gasteiger partial charge in [-0.15, -0.1) is 0 Å². The summed E-state index contributed by atoms with van der Waals surface area (Å²) in [5.74, 6) is -17.8. The number of aliphatic hydroxyl groups is 2. The number of carbonyl (C=O) groups excluding carboxylic acids is 15. The van der Waals surface area contributed by atoms with E-state index in [2.05, 4.69) is 79.8 Å². The Morgan fingerprint density at radius 2 is 0.617 bits per heavy atom. The Labute approximate surface area is 775 Å². The van der Waals surface area contributed by atoms with Crippen LogP contribution in [-0.2, 0) is 67.1 Å². The first-order valence-corrected chi connectivity index (χ1v) is 44.8. The molecule has 0 aromatic heterocycles. The van der Waals surface area contributed by atoms with E-state index in [-0.39, 0.29) is 120 Å². The number of hydrogen-bond acceptors (Lipinski definition) is 21. The molecule has 0 saturated carbocycles. The predicted molar refractivity (Wildman–Crippen MR) is 502 cm³/mol. The Bertz CT molecular complexity index is 4540. The van der Waals surface area contributed by atoms with E-state index in [9.17, 15) is 82.1 Å². The van der Waals surface area contributed by atoms with Gasteiger partial charge in [0, 0.05) is 38.0 Å². The van der Waals surface area contributed by atoms with Crippen molar-refractivity contribution in [2.75, 3.05) is 32.8 Å². The van der Waals surface area contributed by atoms with Crippen molar-refractivity contribution in [3.63, 3.8) is 0 Å². The molecular weight excluding hydrogens is 1720 g/mol. The predicted octanol–water partition coefficient (Wildman–Crippen LogP) is -1.77. The van der Waals surface area contributed by atoms with Gasteiger partial charge in [-0.2, -0.15) is 0 Å². The second-order valence-corrected chi connectivity index (χ2v) is 33.9. The molecule has 0 fully saturated rings. The van der Waals surface area contributed by atoms with Crippen molar-refractivity contribution in [1.82, 2.24) is 79.8 Å². The van der Waals surface area contributed by atoms with E-state index in [0.29, 0.717) is 6.42 Å². The lowest BCUT2D eigenvalue weighted by atomic mass is 9.85. The monoisotopic (exact) mass is 1850 g/mol. The molecule has 4 rings (SSSR count). The fourth-order valence-corrected chi connectivity index (χ4v) is 14.2. The van der Waals surface area contributed by atoms with E-state index in [4.69, 9.17) is 56.4 Å². The number of amides is 15. The molecule has 0 heterocycles. The first kappa shape index (κ1) is 112. The highest BCUT2D eigenvalue weighted by molar-refractivity contribution is 6.06. The molecule has 730 valence electrons. The number of nitrogens with two attached hydrogens (primary N) is 7. The van der Waals surface area contributed by atoms with Gasteiger partial charge in [-0.3, -0.25) is 88.1 Å². The van der Waals surface area contributed by atoms with Gasteiger partial charge in [-0.25, -0.2) is 0 Å². The number of nitrogens with one attached hydrogen (secondary N) is 18. The summed E-state index contributed by atoms with van der Waals surface area (Å²) in [5, 5.41) is 82.7. The lowest BCUT2D eigenvalue weighted by Crippen LogP contribution is -2.62. The van der Waals surface area contributed by atoms with E-state index < -0.39 is 223 Å². The first-order chi connectivity index (χ1) is 63.0. The number of benzene rings is 4. The number of hydrogen-bond donors (Lipinski definition) is 27. The molecule has 0 unspecified atom stereocenters. The summed E-state index contributed by atoms with van der Waals surface area (Å²) >= 11 is 0. The van der Waals surface area contributed by atoms with E-state index in [1.54, 1.807) is 53.7 Å². The SMILES string of the molecule is CC[C@H](C)[C@H](NC(=O)[C@H](CO)NC(=O)[C@H](CC(C)C)NC(=O)[C@H](CCC(N)=O)NC(=O)[C@@H](NC(=O)[C@H](CCC(N)=O)NC(=O)[C@H](CC(C)C)NC(=O)[C@H](CCCNC(=N)N)NC(=O)[C@H](CCCCN)NC(=O)[C@H](CCCNC(=N)N)NC(=O)c1ccc(C(=C(c2ccccc2)c2ccccc2)c2ccccc2)cc1)C(C)C)C(=O)N[C@@H](CCCNC(=N)N)C(=O)N[C@H](C(N)=O)[C@@H](C)O. The van der Waals surface area contributed by atoms with Crippen molar-refractivity contribution in [3.8, 4) is 0 Å². The van der Waals surface area contributed by atoms with Crippen LogP contribution in [0.5, 0.6) is 0 Å².